The summed E-state index contributed by atoms with van der Waals surface area (Å²) < 4.78 is 13.4. The molecule has 0 fully saturated rings. The van der Waals surface area contributed by atoms with E-state index in [1.807, 2.05) is 85.8 Å². The number of benzene rings is 3. The summed E-state index contributed by atoms with van der Waals surface area (Å²) in [6.45, 7) is 6.20. The third-order valence-corrected chi connectivity index (χ3v) is 6.61. The number of nitriles is 1. The molecule has 30 heavy (non-hydrogen) atoms. The Hall–Kier alpha value is -3.40. The van der Waals surface area contributed by atoms with E-state index in [9.17, 15) is 9.47 Å². The van der Waals surface area contributed by atoms with Gasteiger partial charge in [0.1, 0.15) is 0 Å². The van der Waals surface area contributed by atoms with Gasteiger partial charge in [-0.3, -0.25) is 0 Å². The molecule has 2 atom stereocenters. The zero-order chi connectivity index (χ0) is 21.6. The average Bonchev–Trinajstić information content (AvgIpc) is 2.79. The molecule has 3 heteroatoms. The van der Waals surface area contributed by atoms with E-state index in [1.165, 1.54) is 0 Å². The lowest BCUT2D eigenvalue weighted by Crippen LogP contribution is -2.26. The van der Waals surface area contributed by atoms with Crippen LogP contribution in [-0.4, -0.2) is 4.21 Å². The molecule has 0 bridgehead atoms. The van der Waals surface area contributed by atoms with Crippen molar-refractivity contribution in [2.75, 3.05) is 0 Å². The van der Waals surface area contributed by atoms with Gasteiger partial charge in [0.2, 0.25) is 0 Å². The Morgan fingerprint density at radius 1 is 1.03 bits per heavy atom. The van der Waals surface area contributed by atoms with Crippen LogP contribution in [0.5, 0.6) is 0 Å². The highest BCUT2D eigenvalue weighted by molar-refractivity contribution is 7.85. The van der Waals surface area contributed by atoms with Crippen molar-refractivity contribution < 1.29 is 4.21 Å². The lowest BCUT2D eigenvalue weighted by atomic mass is 9.73. The monoisotopic (exact) mass is 409 g/mol. The van der Waals surface area contributed by atoms with E-state index < -0.39 is 16.2 Å². The van der Waals surface area contributed by atoms with Crippen LogP contribution in [0.2, 0.25) is 0 Å². The number of rotatable bonds is 7. The fourth-order valence-corrected chi connectivity index (χ4v) is 4.82. The van der Waals surface area contributed by atoms with E-state index in [-0.39, 0.29) is 6.42 Å². The standard InChI is InChI=1S/C27H23NOS/c1-4-18-27(20-28,19-22(3)23-10-6-5-7-11-23)25-12-8-9-13-26(25)30(29)24-16-14-21(2)15-17-24/h1,5-17H,3,18-19H2,2H3/t27-,30+/m1/s1. The van der Waals surface area contributed by atoms with Gasteiger partial charge in [-0.25, -0.2) is 4.21 Å². The molecule has 0 amide bonds. The minimum atomic E-state index is -1.43. The molecule has 0 spiro atoms. The number of hydrogen-bond acceptors (Lipinski definition) is 2. The van der Waals surface area contributed by atoms with E-state index in [1.54, 1.807) is 0 Å². The van der Waals surface area contributed by atoms with Gasteiger partial charge in [0, 0.05) is 16.2 Å². The molecule has 0 saturated carbocycles. The Kier molecular flexibility index (Phi) is 6.68. The predicted molar refractivity (Wildman–Crippen MR) is 123 cm³/mol. The molecular formula is C27H23NOS. The van der Waals surface area contributed by atoms with Crippen LogP contribution in [0, 0.1) is 30.6 Å². The van der Waals surface area contributed by atoms with Gasteiger partial charge in [0.15, 0.2) is 0 Å². The van der Waals surface area contributed by atoms with Crippen molar-refractivity contribution in [1.29, 1.82) is 5.26 Å². The zero-order valence-electron chi connectivity index (χ0n) is 17.0. The molecule has 148 valence electrons. The SMILES string of the molecule is C#CC[C@](C#N)(CC(=C)c1ccccc1)c1ccccc1[S@@](=O)c1ccc(C)cc1. The first-order chi connectivity index (χ1) is 14.5. The fourth-order valence-electron chi connectivity index (χ4n) is 3.52. The Morgan fingerprint density at radius 2 is 1.67 bits per heavy atom. The largest absolute Gasteiger partial charge is 0.249 e. The van der Waals surface area contributed by atoms with Gasteiger partial charge in [-0.05, 0) is 48.2 Å². The molecule has 0 aliphatic heterocycles. The van der Waals surface area contributed by atoms with Crippen molar-refractivity contribution in [2.24, 2.45) is 0 Å². The predicted octanol–water partition coefficient (Wildman–Crippen LogP) is 6.05. The fraction of sp³-hybridized carbons (Fsp3) is 0.148. The van der Waals surface area contributed by atoms with Crippen LogP contribution in [0.25, 0.3) is 5.57 Å². The van der Waals surface area contributed by atoms with Crippen LogP contribution in [0.1, 0.15) is 29.5 Å². The molecule has 3 aromatic rings. The molecule has 2 nitrogen and oxygen atoms in total. The molecule has 0 aliphatic rings. The Labute approximate surface area is 181 Å². The van der Waals surface area contributed by atoms with Gasteiger partial charge >= 0.3 is 0 Å². The van der Waals surface area contributed by atoms with Crippen molar-refractivity contribution in [2.45, 2.75) is 35.0 Å². The van der Waals surface area contributed by atoms with Crippen LogP contribution in [0.3, 0.4) is 0 Å². The van der Waals surface area contributed by atoms with Gasteiger partial charge in [-0.1, -0.05) is 72.8 Å². The molecule has 0 radical (unpaired) electrons. The van der Waals surface area contributed by atoms with E-state index in [0.717, 1.165) is 16.7 Å². The van der Waals surface area contributed by atoms with E-state index >= 15 is 0 Å². The third kappa shape index (κ3) is 4.43. The summed E-state index contributed by atoms with van der Waals surface area (Å²) in [5, 5.41) is 10.3. The molecule has 3 aromatic carbocycles. The topological polar surface area (TPSA) is 40.9 Å². The second-order valence-corrected chi connectivity index (χ2v) is 8.75. The number of allylic oxidation sites excluding steroid dienone is 1. The van der Waals surface area contributed by atoms with Crippen molar-refractivity contribution in [3.05, 3.63) is 102 Å². The molecule has 0 saturated heterocycles. The maximum atomic E-state index is 13.4. The van der Waals surface area contributed by atoms with Crippen LogP contribution < -0.4 is 0 Å². The number of nitrogens with zero attached hydrogens (tertiary/aromatic N) is 1. The quantitative estimate of drug-likeness (QED) is 0.446. The zero-order valence-corrected chi connectivity index (χ0v) is 17.8. The minimum Gasteiger partial charge on any atom is -0.249 e. The first-order valence-electron chi connectivity index (χ1n) is 9.66. The summed E-state index contributed by atoms with van der Waals surface area (Å²) >= 11 is 0. The van der Waals surface area contributed by atoms with Gasteiger partial charge in [-0.2, -0.15) is 5.26 Å². The van der Waals surface area contributed by atoms with E-state index in [0.29, 0.717) is 21.8 Å². The number of terminal acetylenes is 1. The van der Waals surface area contributed by atoms with Crippen LogP contribution in [0.15, 0.2) is 95.2 Å². The maximum Gasteiger partial charge on any atom is 0.0982 e. The van der Waals surface area contributed by atoms with Crippen LogP contribution in [-0.2, 0) is 16.2 Å². The van der Waals surface area contributed by atoms with Crippen LogP contribution >= 0.6 is 0 Å². The summed E-state index contributed by atoms with van der Waals surface area (Å²) in [6.07, 6.45) is 6.26. The second kappa shape index (κ2) is 9.40. The van der Waals surface area contributed by atoms with Crippen LogP contribution in [0.4, 0.5) is 0 Å². The normalized spacial score (nSPS) is 13.4. The summed E-state index contributed by atoms with van der Waals surface area (Å²) in [4.78, 5) is 1.31. The minimum absolute atomic E-state index is 0.206. The summed E-state index contributed by atoms with van der Waals surface area (Å²) in [5.74, 6) is 2.67. The van der Waals surface area contributed by atoms with Gasteiger partial charge in [0.05, 0.1) is 22.3 Å². The highest BCUT2D eigenvalue weighted by Crippen LogP contribution is 2.40. The lowest BCUT2D eigenvalue weighted by molar-refractivity contribution is 0.569. The Bertz CT molecular complexity index is 1150. The molecule has 0 unspecified atom stereocenters. The summed E-state index contributed by atoms with van der Waals surface area (Å²) in [7, 11) is -1.43. The molecule has 0 heterocycles. The number of hydrogen-bond donors (Lipinski definition) is 0. The molecular weight excluding hydrogens is 386 g/mol. The Morgan fingerprint density at radius 3 is 2.30 bits per heavy atom. The molecule has 0 aromatic heterocycles. The van der Waals surface area contributed by atoms with Crippen molar-refractivity contribution in [1.82, 2.24) is 0 Å². The third-order valence-electron chi connectivity index (χ3n) is 5.15. The molecule has 3 rings (SSSR count). The van der Waals surface area contributed by atoms with Gasteiger partial charge in [-0.15, -0.1) is 12.3 Å². The summed E-state index contributed by atoms with van der Waals surface area (Å²) in [6, 6.07) is 27.2. The first kappa shape index (κ1) is 21.3. The second-order valence-electron chi connectivity index (χ2n) is 7.30. The summed E-state index contributed by atoms with van der Waals surface area (Å²) in [5.41, 5.74) is 2.57. The highest BCUT2D eigenvalue weighted by Gasteiger charge is 2.36. The first-order valence-corrected chi connectivity index (χ1v) is 10.8. The maximum absolute atomic E-state index is 13.4. The van der Waals surface area contributed by atoms with Gasteiger partial charge < -0.3 is 0 Å². The number of aryl methyl sites for hydroxylation is 1. The Balaban J connectivity index is 2.08. The van der Waals surface area contributed by atoms with Crippen molar-refractivity contribution in [3.63, 3.8) is 0 Å². The van der Waals surface area contributed by atoms with E-state index in [4.69, 9.17) is 6.42 Å². The average molecular weight is 410 g/mol. The van der Waals surface area contributed by atoms with Gasteiger partial charge in [0.25, 0.3) is 0 Å². The van der Waals surface area contributed by atoms with Crippen molar-refractivity contribution in [3.8, 4) is 18.4 Å². The van der Waals surface area contributed by atoms with Crippen molar-refractivity contribution >= 4 is 16.4 Å². The molecule has 0 aliphatic carbocycles. The highest BCUT2D eigenvalue weighted by atomic mass is 32.2. The van der Waals surface area contributed by atoms with E-state index in [2.05, 4.69) is 18.6 Å². The lowest BCUT2D eigenvalue weighted by Gasteiger charge is -2.28. The molecule has 0 N–H and O–H groups in total. The smallest absolute Gasteiger partial charge is 0.0982 e.